The second kappa shape index (κ2) is 3.76. The zero-order chi connectivity index (χ0) is 11.7. The molecule has 2 N–H and O–H groups in total. The van der Waals surface area contributed by atoms with Gasteiger partial charge in [-0.25, -0.2) is 9.97 Å². The molecule has 84 valence electrons. The highest BCUT2D eigenvalue weighted by molar-refractivity contribution is 5.87. The molecule has 2 aromatic heterocycles. The number of hydrogen-bond donors (Lipinski definition) is 2. The van der Waals surface area contributed by atoms with E-state index >= 15 is 0 Å². The molecule has 0 fully saturated rings. The van der Waals surface area contributed by atoms with Crippen LogP contribution >= 0.6 is 0 Å². The quantitative estimate of drug-likeness (QED) is 0.767. The summed E-state index contributed by atoms with van der Waals surface area (Å²) in [5.74, 6) is 0.135. The Labute approximate surface area is 91.1 Å². The third-order valence-electron chi connectivity index (χ3n) is 2.11. The van der Waals surface area contributed by atoms with Crippen LogP contribution in [0.1, 0.15) is 5.82 Å². The molecule has 0 saturated carbocycles. The number of nitrogens with zero attached hydrogens (tertiary/aromatic N) is 4. The van der Waals surface area contributed by atoms with Gasteiger partial charge in [-0.3, -0.25) is 9.48 Å². The molecule has 0 spiro atoms. The van der Waals surface area contributed by atoms with Crippen LogP contribution in [-0.4, -0.2) is 37.4 Å². The number of hydrogen-bond acceptors (Lipinski definition) is 5. The molecule has 0 aliphatic heterocycles. The summed E-state index contributed by atoms with van der Waals surface area (Å²) in [6, 6.07) is 0. The Kier molecular flexibility index (Phi) is 2.43. The van der Waals surface area contributed by atoms with Gasteiger partial charge in [0.05, 0.1) is 11.6 Å². The molecule has 16 heavy (non-hydrogen) atoms. The fourth-order valence-electron chi connectivity index (χ4n) is 1.43. The van der Waals surface area contributed by atoms with Crippen molar-refractivity contribution in [1.29, 1.82) is 0 Å². The minimum absolute atomic E-state index is 0.180. The Morgan fingerprint density at radius 3 is 3.00 bits per heavy atom. The Morgan fingerprint density at radius 2 is 2.31 bits per heavy atom. The molecule has 2 rings (SSSR count). The molecule has 0 aliphatic carbocycles. The molecular formula is C9H11N5O2. The molecule has 2 aromatic rings. The summed E-state index contributed by atoms with van der Waals surface area (Å²) in [5.41, 5.74) is 0.681. The van der Waals surface area contributed by atoms with E-state index in [9.17, 15) is 4.79 Å². The molecule has 0 aromatic carbocycles. The van der Waals surface area contributed by atoms with Crippen molar-refractivity contribution in [2.45, 2.75) is 6.92 Å². The van der Waals surface area contributed by atoms with Gasteiger partial charge in [0, 0.05) is 7.05 Å². The average molecular weight is 221 g/mol. The molecule has 0 aliphatic rings. The van der Waals surface area contributed by atoms with Crippen LogP contribution in [0.5, 0.6) is 0 Å². The first-order valence-electron chi connectivity index (χ1n) is 4.70. The molecule has 0 saturated heterocycles. The zero-order valence-electron chi connectivity index (χ0n) is 8.93. The SMILES string of the molecule is Cc1nc(NCC(=O)O)c2cnn(C)c2n1. The summed E-state index contributed by atoms with van der Waals surface area (Å²) in [7, 11) is 1.77. The topological polar surface area (TPSA) is 92.9 Å². The third kappa shape index (κ3) is 1.79. The first-order chi connectivity index (χ1) is 7.58. The normalized spacial score (nSPS) is 10.6. The fourth-order valence-corrected chi connectivity index (χ4v) is 1.43. The van der Waals surface area contributed by atoms with Crippen LogP contribution in [0.4, 0.5) is 5.82 Å². The maximum absolute atomic E-state index is 10.5. The molecular weight excluding hydrogens is 210 g/mol. The van der Waals surface area contributed by atoms with E-state index in [0.29, 0.717) is 22.7 Å². The third-order valence-corrected chi connectivity index (χ3v) is 2.11. The van der Waals surface area contributed by atoms with Gasteiger partial charge in [-0.1, -0.05) is 0 Å². The lowest BCUT2D eigenvalue weighted by atomic mass is 10.4. The fraction of sp³-hybridized carbons (Fsp3) is 0.333. The van der Waals surface area contributed by atoms with Crippen LogP contribution in [-0.2, 0) is 11.8 Å². The maximum Gasteiger partial charge on any atom is 0.322 e. The standard InChI is InChI=1S/C9H11N5O2/c1-5-12-8(10-4-7(15)16)6-3-11-14(2)9(6)13-5/h3H,4H2,1-2H3,(H,15,16)(H,10,12,13). The summed E-state index contributed by atoms with van der Waals surface area (Å²) in [6.45, 7) is 1.57. The summed E-state index contributed by atoms with van der Waals surface area (Å²) in [5, 5.41) is 16.1. The van der Waals surface area contributed by atoms with Crippen molar-refractivity contribution in [2.75, 3.05) is 11.9 Å². The number of fused-ring (bicyclic) bond motifs is 1. The van der Waals surface area contributed by atoms with Gasteiger partial charge in [-0.15, -0.1) is 0 Å². The largest absolute Gasteiger partial charge is 0.480 e. The number of aliphatic carboxylic acids is 1. The predicted octanol–water partition coefficient (Wildman–Crippen LogP) is 0.168. The molecule has 0 unspecified atom stereocenters. The molecule has 0 radical (unpaired) electrons. The Bertz CT molecular complexity index is 548. The van der Waals surface area contributed by atoms with Crippen molar-refractivity contribution < 1.29 is 9.90 Å². The van der Waals surface area contributed by atoms with Crippen molar-refractivity contribution in [1.82, 2.24) is 19.7 Å². The number of nitrogens with one attached hydrogen (secondary N) is 1. The van der Waals surface area contributed by atoms with Crippen molar-refractivity contribution in [3.63, 3.8) is 0 Å². The van der Waals surface area contributed by atoms with Gasteiger partial charge in [-0.05, 0) is 6.92 Å². The number of carbonyl (C=O) groups is 1. The average Bonchev–Trinajstić information content (AvgIpc) is 2.57. The summed E-state index contributed by atoms with van der Waals surface area (Å²) in [6.07, 6.45) is 1.61. The van der Waals surface area contributed by atoms with E-state index in [-0.39, 0.29) is 6.54 Å². The number of carboxylic acid groups (broad SMARTS) is 1. The van der Waals surface area contributed by atoms with Gasteiger partial charge in [0.1, 0.15) is 18.2 Å². The van der Waals surface area contributed by atoms with Gasteiger partial charge in [0.25, 0.3) is 0 Å². The summed E-state index contributed by atoms with van der Waals surface area (Å²) < 4.78 is 1.62. The Morgan fingerprint density at radius 1 is 1.56 bits per heavy atom. The van der Waals surface area contributed by atoms with Crippen LogP contribution in [0.3, 0.4) is 0 Å². The Balaban J connectivity index is 2.46. The van der Waals surface area contributed by atoms with Crippen LogP contribution < -0.4 is 5.32 Å². The Hall–Kier alpha value is -2.18. The van der Waals surface area contributed by atoms with E-state index in [0.717, 1.165) is 0 Å². The molecule has 7 nitrogen and oxygen atoms in total. The molecule has 7 heteroatoms. The van der Waals surface area contributed by atoms with E-state index < -0.39 is 5.97 Å². The molecule has 2 heterocycles. The number of rotatable bonds is 3. The highest BCUT2D eigenvalue weighted by Crippen LogP contribution is 2.18. The van der Waals surface area contributed by atoms with Gasteiger partial charge in [0.15, 0.2) is 5.65 Å². The van der Waals surface area contributed by atoms with Crippen molar-refractivity contribution >= 4 is 22.8 Å². The highest BCUT2D eigenvalue weighted by Gasteiger charge is 2.10. The van der Waals surface area contributed by atoms with Crippen molar-refractivity contribution in [2.24, 2.45) is 7.05 Å². The van der Waals surface area contributed by atoms with Gasteiger partial charge in [0.2, 0.25) is 0 Å². The summed E-state index contributed by atoms with van der Waals surface area (Å²) >= 11 is 0. The van der Waals surface area contributed by atoms with E-state index in [2.05, 4.69) is 20.4 Å². The number of aromatic nitrogens is 4. The van der Waals surface area contributed by atoms with Crippen LogP contribution in [0.25, 0.3) is 11.0 Å². The first kappa shape index (κ1) is 10.3. The van der Waals surface area contributed by atoms with E-state index in [4.69, 9.17) is 5.11 Å². The lowest BCUT2D eigenvalue weighted by molar-refractivity contribution is -0.134. The van der Waals surface area contributed by atoms with E-state index in [1.165, 1.54) is 0 Å². The van der Waals surface area contributed by atoms with Crippen LogP contribution in [0.2, 0.25) is 0 Å². The lowest BCUT2D eigenvalue weighted by Gasteiger charge is -2.04. The second-order valence-electron chi connectivity index (χ2n) is 3.37. The molecule has 0 amide bonds. The predicted molar refractivity (Wildman–Crippen MR) is 57.2 cm³/mol. The van der Waals surface area contributed by atoms with Crippen LogP contribution in [0, 0.1) is 6.92 Å². The van der Waals surface area contributed by atoms with Crippen molar-refractivity contribution in [3.8, 4) is 0 Å². The number of carboxylic acids is 1. The van der Waals surface area contributed by atoms with Gasteiger partial charge >= 0.3 is 5.97 Å². The monoisotopic (exact) mass is 221 g/mol. The van der Waals surface area contributed by atoms with Gasteiger partial charge in [-0.2, -0.15) is 5.10 Å². The lowest BCUT2D eigenvalue weighted by Crippen LogP contribution is -2.14. The number of anilines is 1. The minimum Gasteiger partial charge on any atom is -0.480 e. The zero-order valence-corrected chi connectivity index (χ0v) is 8.93. The maximum atomic E-state index is 10.5. The van der Waals surface area contributed by atoms with E-state index in [1.54, 1.807) is 24.9 Å². The van der Waals surface area contributed by atoms with Gasteiger partial charge < -0.3 is 10.4 Å². The summed E-state index contributed by atoms with van der Waals surface area (Å²) in [4.78, 5) is 18.8. The smallest absolute Gasteiger partial charge is 0.322 e. The molecule has 0 bridgehead atoms. The highest BCUT2D eigenvalue weighted by atomic mass is 16.4. The second-order valence-corrected chi connectivity index (χ2v) is 3.37. The molecule has 0 atom stereocenters. The minimum atomic E-state index is -0.937. The van der Waals surface area contributed by atoms with Crippen LogP contribution in [0.15, 0.2) is 6.20 Å². The van der Waals surface area contributed by atoms with Crippen molar-refractivity contribution in [3.05, 3.63) is 12.0 Å². The first-order valence-corrected chi connectivity index (χ1v) is 4.70. The number of aryl methyl sites for hydroxylation is 2. The van der Waals surface area contributed by atoms with E-state index in [1.807, 2.05) is 0 Å².